The number of hydrogen-bond donors (Lipinski definition) is 2. The standard InChI is InChI=1S/C14H31NO3S.Na.H/c1-3-4-5-6-7-8-9-10-11-12-13-15-14(2)19(16,17)18;;/h14-15H,3-13H2,1-2H3,(H,16,17,18);;. The molecular formula is C14H32NNaO3S. The van der Waals surface area contributed by atoms with Crippen molar-refractivity contribution in [3.8, 4) is 0 Å². The Kier molecular flexibility index (Phi) is 17.1. The second-order valence-electron chi connectivity index (χ2n) is 5.29. The van der Waals surface area contributed by atoms with Gasteiger partial charge in [-0.3, -0.25) is 9.87 Å². The molecule has 0 bridgehead atoms. The zero-order chi connectivity index (χ0) is 14.6. The van der Waals surface area contributed by atoms with Gasteiger partial charge in [-0.15, -0.1) is 0 Å². The van der Waals surface area contributed by atoms with Crippen LogP contribution < -0.4 is 5.32 Å². The van der Waals surface area contributed by atoms with Crippen LogP contribution in [0.4, 0.5) is 0 Å². The molecule has 1 atom stereocenters. The van der Waals surface area contributed by atoms with E-state index in [4.69, 9.17) is 4.55 Å². The van der Waals surface area contributed by atoms with E-state index in [-0.39, 0.29) is 29.6 Å². The molecule has 0 aromatic carbocycles. The van der Waals surface area contributed by atoms with Crippen LogP contribution in [-0.2, 0) is 10.1 Å². The molecule has 0 saturated heterocycles. The first-order valence-corrected chi connectivity index (χ1v) is 9.18. The van der Waals surface area contributed by atoms with Gasteiger partial charge < -0.3 is 0 Å². The molecule has 0 radical (unpaired) electrons. The Hall–Kier alpha value is 0.870. The molecule has 0 amide bonds. The summed E-state index contributed by atoms with van der Waals surface area (Å²) in [6.07, 6.45) is 12.6. The fraction of sp³-hybridized carbons (Fsp3) is 1.00. The molecule has 2 N–H and O–H groups in total. The van der Waals surface area contributed by atoms with Crippen molar-refractivity contribution in [2.45, 2.75) is 83.4 Å². The van der Waals surface area contributed by atoms with Crippen molar-refractivity contribution in [1.29, 1.82) is 0 Å². The molecule has 4 nitrogen and oxygen atoms in total. The summed E-state index contributed by atoms with van der Waals surface area (Å²) in [7, 11) is -3.93. The van der Waals surface area contributed by atoms with Crippen LogP contribution in [0.3, 0.4) is 0 Å². The Morgan fingerprint density at radius 1 is 0.900 bits per heavy atom. The Bertz CT molecular complexity index is 297. The van der Waals surface area contributed by atoms with E-state index in [0.29, 0.717) is 6.54 Å². The predicted molar refractivity (Wildman–Crippen MR) is 88.0 cm³/mol. The predicted octanol–water partition coefficient (Wildman–Crippen LogP) is 3.08. The second kappa shape index (κ2) is 14.8. The van der Waals surface area contributed by atoms with Gasteiger partial charge in [-0.25, -0.2) is 0 Å². The van der Waals surface area contributed by atoms with Crippen molar-refractivity contribution < 1.29 is 13.0 Å². The van der Waals surface area contributed by atoms with Crippen molar-refractivity contribution in [3.63, 3.8) is 0 Å². The average molecular weight is 317 g/mol. The molecule has 0 spiro atoms. The molecular weight excluding hydrogens is 285 g/mol. The van der Waals surface area contributed by atoms with Crippen LogP contribution in [0, 0.1) is 0 Å². The van der Waals surface area contributed by atoms with Gasteiger partial charge in [-0.2, -0.15) is 8.42 Å². The third-order valence-electron chi connectivity index (χ3n) is 3.41. The van der Waals surface area contributed by atoms with Gasteiger partial charge in [0.1, 0.15) is 5.37 Å². The molecule has 0 aliphatic rings. The summed E-state index contributed by atoms with van der Waals surface area (Å²) in [5.41, 5.74) is 0. The Balaban J connectivity index is 0. The minimum absolute atomic E-state index is 0. The van der Waals surface area contributed by atoms with E-state index in [9.17, 15) is 8.42 Å². The van der Waals surface area contributed by atoms with Gasteiger partial charge in [0.15, 0.2) is 0 Å². The summed E-state index contributed by atoms with van der Waals surface area (Å²) in [4.78, 5) is 0. The van der Waals surface area contributed by atoms with Crippen LogP contribution >= 0.6 is 0 Å². The molecule has 0 aliphatic carbocycles. The molecule has 6 heteroatoms. The van der Waals surface area contributed by atoms with Gasteiger partial charge in [-0.1, -0.05) is 64.7 Å². The zero-order valence-electron chi connectivity index (χ0n) is 12.5. The summed E-state index contributed by atoms with van der Waals surface area (Å²) in [6.45, 7) is 4.35. The number of nitrogens with one attached hydrogen (secondary N) is 1. The van der Waals surface area contributed by atoms with Crippen molar-refractivity contribution in [3.05, 3.63) is 0 Å². The number of hydrogen-bond acceptors (Lipinski definition) is 3. The fourth-order valence-corrected chi connectivity index (χ4v) is 2.35. The van der Waals surface area contributed by atoms with Gasteiger partial charge >= 0.3 is 29.6 Å². The van der Waals surface area contributed by atoms with Gasteiger partial charge in [0.25, 0.3) is 10.1 Å². The SMILES string of the molecule is CCCCCCCCCCCCNC(C)S(=O)(=O)O.[NaH]. The number of unbranched alkanes of at least 4 members (excludes halogenated alkanes) is 9. The monoisotopic (exact) mass is 317 g/mol. The first kappa shape index (κ1) is 23.1. The van der Waals surface area contributed by atoms with E-state index < -0.39 is 15.5 Å². The van der Waals surface area contributed by atoms with Crippen LogP contribution in [0.5, 0.6) is 0 Å². The van der Waals surface area contributed by atoms with E-state index in [1.165, 1.54) is 58.3 Å². The van der Waals surface area contributed by atoms with Crippen molar-refractivity contribution in [2.24, 2.45) is 0 Å². The summed E-state index contributed by atoms with van der Waals surface area (Å²) >= 11 is 0. The fourth-order valence-electron chi connectivity index (χ4n) is 2.02. The number of rotatable bonds is 13. The van der Waals surface area contributed by atoms with Crippen LogP contribution in [0.15, 0.2) is 0 Å². The third-order valence-corrected chi connectivity index (χ3v) is 4.47. The van der Waals surface area contributed by atoms with Crippen molar-refractivity contribution >= 4 is 39.7 Å². The normalized spacial score (nSPS) is 12.9. The van der Waals surface area contributed by atoms with E-state index in [0.717, 1.165) is 12.8 Å². The van der Waals surface area contributed by atoms with Crippen LogP contribution in [0.1, 0.15) is 78.1 Å². The quantitative estimate of drug-likeness (QED) is 0.311. The molecule has 1 unspecified atom stereocenters. The molecule has 0 aliphatic heterocycles. The minimum atomic E-state index is -3.93. The zero-order valence-corrected chi connectivity index (χ0v) is 13.3. The van der Waals surface area contributed by atoms with E-state index in [1.807, 2.05) is 0 Å². The van der Waals surface area contributed by atoms with Gasteiger partial charge in [0, 0.05) is 0 Å². The first-order valence-electron chi connectivity index (χ1n) is 7.68. The topological polar surface area (TPSA) is 66.4 Å². The van der Waals surface area contributed by atoms with Crippen LogP contribution in [0.25, 0.3) is 0 Å². The molecule has 118 valence electrons. The van der Waals surface area contributed by atoms with Crippen LogP contribution in [0.2, 0.25) is 0 Å². The maximum atomic E-state index is 10.7. The third kappa shape index (κ3) is 15.3. The summed E-state index contributed by atoms with van der Waals surface area (Å²) in [5, 5.41) is 1.95. The van der Waals surface area contributed by atoms with E-state index >= 15 is 0 Å². The summed E-state index contributed by atoms with van der Waals surface area (Å²) in [6, 6.07) is 0. The van der Waals surface area contributed by atoms with Gasteiger partial charge in [-0.05, 0) is 19.9 Å². The van der Waals surface area contributed by atoms with Crippen LogP contribution in [-0.4, -0.2) is 54.4 Å². The van der Waals surface area contributed by atoms with E-state index in [1.54, 1.807) is 0 Å². The molecule has 0 heterocycles. The molecule has 0 aromatic heterocycles. The summed E-state index contributed by atoms with van der Waals surface area (Å²) in [5.74, 6) is 0. The maximum absolute atomic E-state index is 10.7. The Morgan fingerprint density at radius 2 is 1.30 bits per heavy atom. The van der Waals surface area contributed by atoms with Crippen molar-refractivity contribution in [2.75, 3.05) is 6.54 Å². The average Bonchev–Trinajstić information content (AvgIpc) is 2.34. The van der Waals surface area contributed by atoms with Gasteiger partial charge in [0.05, 0.1) is 0 Å². The first-order chi connectivity index (χ1) is 8.98. The second-order valence-corrected chi connectivity index (χ2v) is 7.03. The summed E-state index contributed by atoms with van der Waals surface area (Å²) < 4.78 is 30.2. The Morgan fingerprint density at radius 3 is 1.70 bits per heavy atom. The molecule has 0 aromatic rings. The molecule has 20 heavy (non-hydrogen) atoms. The molecule has 0 saturated carbocycles. The van der Waals surface area contributed by atoms with E-state index in [2.05, 4.69) is 12.2 Å². The Labute approximate surface area is 147 Å². The van der Waals surface area contributed by atoms with Gasteiger partial charge in [0.2, 0.25) is 0 Å². The van der Waals surface area contributed by atoms with Crippen molar-refractivity contribution in [1.82, 2.24) is 5.32 Å². The molecule has 0 rings (SSSR count). The molecule has 0 fully saturated rings.